The Bertz CT molecular complexity index is 355. The van der Waals surface area contributed by atoms with Gasteiger partial charge in [0.15, 0.2) is 0 Å². The summed E-state index contributed by atoms with van der Waals surface area (Å²) in [6.07, 6.45) is 7.52. The standard InChI is InChI=1S/C12H16N2O3/c15-9-14-6-3-11(4-7-14)17-12(16)10-2-1-5-13-8-10/h1-2,8-9,11,13H,3-7H2. The molecular formula is C12H16N2O3. The molecule has 5 nitrogen and oxygen atoms in total. The Kier molecular flexibility index (Phi) is 3.80. The molecule has 0 aromatic heterocycles. The Morgan fingerprint density at radius 1 is 1.47 bits per heavy atom. The maximum atomic E-state index is 11.8. The molecule has 0 aromatic rings. The molecule has 0 bridgehead atoms. The Labute approximate surface area is 100 Å². The fraction of sp³-hybridized carbons (Fsp3) is 0.500. The lowest BCUT2D eigenvalue weighted by Crippen LogP contribution is -2.37. The minimum Gasteiger partial charge on any atom is -0.459 e. The van der Waals surface area contributed by atoms with Crippen molar-refractivity contribution in [3.63, 3.8) is 0 Å². The lowest BCUT2D eigenvalue weighted by molar-refractivity contribution is -0.146. The fourth-order valence-corrected chi connectivity index (χ4v) is 1.92. The summed E-state index contributed by atoms with van der Waals surface area (Å²) in [4.78, 5) is 24.0. The summed E-state index contributed by atoms with van der Waals surface area (Å²) in [7, 11) is 0. The summed E-state index contributed by atoms with van der Waals surface area (Å²) in [5.41, 5.74) is 0.550. The molecule has 1 saturated heterocycles. The van der Waals surface area contributed by atoms with Gasteiger partial charge in [0.05, 0.1) is 5.57 Å². The highest BCUT2D eigenvalue weighted by Crippen LogP contribution is 2.15. The molecule has 2 aliphatic heterocycles. The number of ether oxygens (including phenoxy) is 1. The molecule has 0 atom stereocenters. The van der Waals surface area contributed by atoms with Gasteiger partial charge in [0.1, 0.15) is 6.10 Å². The minimum atomic E-state index is -0.294. The molecule has 2 rings (SSSR count). The molecular weight excluding hydrogens is 220 g/mol. The van der Waals surface area contributed by atoms with Gasteiger partial charge in [-0.25, -0.2) is 4.79 Å². The predicted octanol–water partition coefficient (Wildman–Crippen LogP) is 0.194. The van der Waals surface area contributed by atoms with Gasteiger partial charge in [-0.05, 0) is 6.08 Å². The van der Waals surface area contributed by atoms with Gasteiger partial charge >= 0.3 is 5.97 Å². The van der Waals surface area contributed by atoms with E-state index in [4.69, 9.17) is 4.74 Å². The zero-order chi connectivity index (χ0) is 12.1. The summed E-state index contributed by atoms with van der Waals surface area (Å²) >= 11 is 0. The van der Waals surface area contributed by atoms with Crippen molar-refractivity contribution in [3.8, 4) is 0 Å². The molecule has 2 heterocycles. The van der Waals surface area contributed by atoms with Crippen molar-refractivity contribution in [1.29, 1.82) is 0 Å². The molecule has 0 aromatic carbocycles. The molecule has 0 saturated carbocycles. The topological polar surface area (TPSA) is 58.6 Å². The predicted molar refractivity (Wildman–Crippen MR) is 62.0 cm³/mol. The number of carbonyl (C=O) groups is 2. The SMILES string of the molecule is O=CN1CCC(OC(=O)C2=CNCC=C2)CC1. The van der Waals surface area contributed by atoms with E-state index in [1.165, 1.54) is 0 Å². The minimum absolute atomic E-state index is 0.0741. The van der Waals surface area contributed by atoms with Crippen LogP contribution in [0.1, 0.15) is 12.8 Å². The van der Waals surface area contributed by atoms with Crippen molar-refractivity contribution >= 4 is 12.4 Å². The van der Waals surface area contributed by atoms with E-state index in [1.807, 2.05) is 6.08 Å². The van der Waals surface area contributed by atoms with Gasteiger partial charge in [0, 0.05) is 38.7 Å². The van der Waals surface area contributed by atoms with Crippen molar-refractivity contribution in [3.05, 3.63) is 23.9 Å². The average molecular weight is 236 g/mol. The van der Waals surface area contributed by atoms with Crippen LogP contribution in [0.4, 0.5) is 0 Å². The molecule has 92 valence electrons. The Morgan fingerprint density at radius 2 is 2.24 bits per heavy atom. The number of nitrogens with one attached hydrogen (secondary N) is 1. The quantitative estimate of drug-likeness (QED) is 0.561. The van der Waals surface area contributed by atoms with Crippen molar-refractivity contribution < 1.29 is 14.3 Å². The number of dihydropyridines is 1. The van der Waals surface area contributed by atoms with Crippen molar-refractivity contribution in [2.75, 3.05) is 19.6 Å². The van der Waals surface area contributed by atoms with Crippen LogP contribution < -0.4 is 5.32 Å². The highest BCUT2D eigenvalue weighted by molar-refractivity contribution is 5.91. The van der Waals surface area contributed by atoms with Crippen LogP contribution in [0, 0.1) is 0 Å². The lowest BCUT2D eigenvalue weighted by atomic mass is 10.1. The summed E-state index contributed by atoms with van der Waals surface area (Å²) in [5.74, 6) is -0.294. The van der Waals surface area contributed by atoms with Gasteiger partial charge in [0.25, 0.3) is 0 Å². The van der Waals surface area contributed by atoms with Gasteiger partial charge in [-0.3, -0.25) is 4.79 Å². The van der Waals surface area contributed by atoms with E-state index >= 15 is 0 Å². The second-order valence-corrected chi connectivity index (χ2v) is 4.16. The first-order valence-electron chi connectivity index (χ1n) is 5.80. The van der Waals surface area contributed by atoms with E-state index in [-0.39, 0.29) is 12.1 Å². The number of amides is 1. The van der Waals surface area contributed by atoms with Gasteiger partial charge in [-0.2, -0.15) is 0 Å². The van der Waals surface area contributed by atoms with Crippen LogP contribution in [0.25, 0.3) is 0 Å². The maximum absolute atomic E-state index is 11.8. The van der Waals surface area contributed by atoms with Crippen LogP contribution in [-0.2, 0) is 14.3 Å². The third-order valence-corrected chi connectivity index (χ3v) is 2.93. The third kappa shape index (κ3) is 3.09. The van der Waals surface area contributed by atoms with E-state index in [9.17, 15) is 9.59 Å². The molecule has 0 unspecified atom stereocenters. The molecule has 5 heteroatoms. The zero-order valence-corrected chi connectivity index (χ0v) is 9.59. The smallest absolute Gasteiger partial charge is 0.339 e. The first-order valence-corrected chi connectivity index (χ1v) is 5.80. The number of hydrogen-bond donors (Lipinski definition) is 1. The largest absolute Gasteiger partial charge is 0.459 e. The highest BCUT2D eigenvalue weighted by atomic mass is 16.5. The third-order valence-electron chi connectivity index (χ3n) is 2.93. The van der Waals surface area contributed by atoms with Gasteiger partial charge in [0.2, 0.25) is 6.41 Å². The number of hydrogen-bond acceptors (Lipinski definition) is 4. The highest BCUT2D eigenvalue weighted by Gasteiger charge is 2.22. The summed E-state index contributed by atoms with van der Waals surface area (Å²) < 4.78 is 5.38. The number of likely N-dealkylation sites (tertiary alicyclic amines) is 1. The Hall–Kier alpha value is -1.78. The molecule has 17 heavy (non-hydrogen) atoms. The first kappa shape index (κ1) is 11.7. The van der Waals surface area contributed by atoms with Crippen LogP contribution in [0.15, 0.2) is 23.9 Å². The fourth-order valence-electron chi connectivity index (χ4n) is 1.92. The van der Waals surface area contributed by atoms with Gasteiger partial charge < -0.3 is 15.0 Å². The van der Waals surface area contributed by atoms with Gasteiger partial charge in [-0.1, -0.05) is 6.08 Å². The van der Waals surface area contributed by atoms with Crippen molar-refractivity contribution in [2.24, 2.45) is 0 Å². The van der Waals surface area contributed by atoms with Crippen LogP contribution in [0.5, 0.6) is 0 Å². The molecule has 0 radical (unpaired) electrons. The van der Waals surface area contributed by atoms with E-state index in [0.29, 0.717) is 18.7 Å². The number of carbonyl (C=O) groups excluding carboxylic acids is 2. The second-order valence-electron chi connectivity index (χ2n) is 4.16. The van der Waals surface area contributed by atoms with Crippen LogP contribution in [0.3, 0.4) is 0 Å². The van der Waals surface area contributed by atoms with Gasteiger partial charge in [-0.15, -0.1) is 0 Å². The van der Waals surface area contributed by atoms with E-state index in [1.54, 1.807) is 17.2 Å². The maximum Gasteiger partial charge on any atom is 0.339 e. The van der Waals surface area contributed by atoms with Crippen molar-refractivity contribution in [1.82, 2.24) is 10.2 Å². The van der Waals surface area contributed by atoms with Crippen LogP contribution in [-0.4, -0.2) is 43.0 Å². The van der Waals surface area contributed by atoms with Crippen LogP contribution in [0.2, 0.25) is 0 Å². The molecule has 1 amide bonds. The van der Waals surface area contributed by atoms with Crippen molar-refractivity contribution in [2.45, 2.75) is 18.9 Å². The van der Waals surface area contributed by atoms with E-state index < -0.39 is 0 Å². The molecule has 0 spiro atoms. The van der Waals surface area contributed by atoms with E-state index in [0.717, 1.165) is 25.8 Å². The first-order chi connectivity index (χ1) is 8.29. The Balaban J connectivity index is 1.81. The zero-order valence-electron chi connectivity index (χ0n) is 9.59. The normalized spacial score (nSPS) is 20.5. The molecule has 1 fully saturated rings. The number of piperidine rings is 1. The van der Waals surface area contributed by atoms with E-state index in [2.05, 4.69) is 5.32 Å². The monoisotopic (exact) mass is 236 g/mol. The van der Waals surface area contributed by atoms with Crippen LogP contribution >= 0.6 is 0 Å². The Morgan fingerprint density at radius 3 is 2.82 bits per heavy atom. The average Bonchev–Trinajstić information content (AvgIpc) is 2.40. The number of esters is 1. The number of rotatable bonds is 3. The lowest BCUT2D eigenvalue weighted by Gasteiger charge is -2.29. The molecule has 0 aliphatic carbocycles. The summed E-state index contributed by atoms with van der Waals surface area (Å²) in [6.45, 7) is 2.07. The summed E-state index contributed by atoms with van der Waals surface area (Å²) in [6, 6.07) is 0. The molecule has 1 N–H and O–H groups in total. The second kappa shape index (κ2) is 5.52. The summed E-state index contributed by atoms with van der Waals surface area (Å²) in [5, 5.41) is 2.96. The molecule has 2 aliphatic rings. The number of nitrogens with zero attached hydrogens (tertiary/aromatic N) is 1.